The smallest absolute Gasteiger partial charge is 0.411 e. The van der Waals surface area contributed by atoms with Crippen molar-refractivity contribution in [1.29, 1.82) is 0 Å². The van der Waals surface area contributed by atoms with Crippen molar-refractivity contribution in [1.82, 2.24) is 29.5 Å². The number of nitrogens with zero attached hydrogens (tertiary/aromatic N) is 6. The first kappa shape index (κ1) is 18.0. The van der Waals surface area contributed by atoms with E-state index in [9.17, 15) is 9.59 Å². The predicted molar refractivity (Wildman–Crippen MR) is 99.3 cm³/mol. The van der Waals surface area contributed by atoms with Crippen LogP contribution in [0.5, 0.6) is 0 Å². The Morgan fingerprint density at radius 3 is 2.68 bits per heavy atom. The van der Waals surface area contributed by atoms with Crippen LogP contribution in [0.4, 0.5) is 4.79 Å². The zero-order valence-electron chi connectivity index (χ0n) is 15.7. The second-order valence-corrected chi connectivity index (χ2v) is 6.94. The van der Waals surface area contributed by atoms with Gasteiger partial charge in [0, 0.05) is 32.3 Å². The van der Waals surface area contributed by atoms with Gasteiger partial charge in [-0.2, -0.15) is 0 Å². The Morgan fingerprint density at radius 2 is 1.93 bits per heavy atom. The quantitative estimate of drug-likeness (QED) is 0.792. The summed E-state index contributed by atoms with van der Waals surface area (Å²) < 4.78 is 6.86. The minimum absolute atomic E-state index is 0.0201. The maximum Gasteiger partial charge on any atom is 0.411 e. The number of aromatic nitrogens is 3. The zero-order chi connectivity index (χ0) is 19.5. The van der Waals surface area contributed by atoms with Gasteiger partial charge in [0.2, 0.25) is 0 Å². The van der Waals surface area contributed by atoms with E-state index >= 15 is 0 Å². The first-order valence-corrected chi connectivity index (χ1v) is 9.12. The number of amides is 2. The molecule has 0 aliphatic carbocycles. The topological polar surface area (TPSA) is 83.8 Å². The van der Waals surface area contributed by atoms with Gasteiger partial charge < -0.3 is 19.4 Å². The highest BCUT2D eigenvalue weighted by molar-refractivity contribution is 5.96. The third-order valence-corrected chi connectivity index (χ3v) is 4.98. The molecule has 2 amide bonds. The Morgan fingerprint density at radius 1 is 1.18 bits per heavy atom. The fraction of sp³-hybridized carbons (Fsp3) is 0.368. The second-order valence-electron chi connectivity index (χ2n) is 6.94. The van der Waals surface area contributed by atoms with Gasteiger partial charge in [0.1, 0.15) is 12.7 Å². The summed E-state index contributed by atoms with van der Waals surface area (Å²) in [5, 5.41) is 7.34. The second kappa shape index (κ2) is 7.71. The van der Waals surface area contributed by atoms with Crippen LogP contribution in [-0.2, 0) is 22.8 Å². The molecule has 4 rings (SSSR count). The Kier molecular flexibility index (Phi) is 4.96. The summed E-state index contributed by atoms with van der Waals surface area (Å²) >= 11 is 0. The summed E-state index contributed by atoms with van der Waals surface area (Å²) in [5.74, 6) is -0.0201. The van der Waals surface area contributed by atoms with E-state index in [0.29, 0.717) is 31.8 Å². The Bertz CT molecular complexity index is 880. The fourth-order valence-electron chi connectivity index (χ4n) is 3.55. The molecule has 0 bridgehead atoms. The first-order valence-electron chi connectivity index (χ1n) is 9.12. The molecule has 28 heavy (non-hydrogen) atoms. The lowest BCUT2D eigenvalue weighted by Gasteiger charge is -2.41. The van der Waals surface area contributed by atoms with E-state index in [1.165, 1.54) is 12.7 Å². The van der Waals surface area contributed by atoms with Gasteiger partial charge in [0.15, 0.2) is 6.73 Å². The lowest BCUT2D eigenvalue weighted by Crippen LogP contribution is -2.51. The highest BCUT2D eigenvalue weighted by atomic mass is 16.6. The van der Waals surface area contributed by atoms with Gasteiger partial charge in [0.05, 0.1) is 18.8 Å². The number of ether oxygens (including phenoxy) is 1. The van der Waals surface area contributed by atoms with E-state index in [1.54, 1.807) is 14.4 Å². The number of hydrogen-bond donors (Lipinski definition) is 0. The highest BCUT2D eigenvalue weighted by Crippen LogP contribution is 2.27. The minimum Gasteiger partial charge on any atom is -0.428 e. The number of rotatable bonds is 4. The number of hydrogen-bond acceptors (Lipinski definition) is 6. The molecule has 1 aromatic carbocycles. The van der Waals surface area contributed by atoms with Crippen molar-refractivity contribution < 1.29 is 14.3 Å². The Balaban J connectivity index is 1.43. The summed E-state index contributed by atoms with van der Waals surface area (Å²) in [7, 11) is 1.99. The average molecular weight is 382 g/mol. The van der Waals surface area contributed by atoms with Crippen molar-refractivity contribution in [2.75, 3.05) is 26.8 Å². The normalized spacial score (nSPS) is 17.0. The molecule has 0 radical (unpaired) electrons. The highest BCUT2D eigenvalue weighted by Gasteiger charge is 2.35. The third-order valence-electron chi connectivity index (χ3n) is 4.98. The Hall–Kier alpha value is -3.36. The van der Waals surface area contributed by atoms with E-state index in [0.717, 1.165) is 11.3 Å². The lowest BCUT2D eigenvalue weighted by molar-refractivity contribution is -0.131. The van der Waals surface area contributed by atoms with Crippen molar-refractivity contribution in [3.8, 4) is 0 Å². The van der Waals surface area contributed by atoms with Crippen LogP contribution in [0.2, 0.25) is 0 Å². The van der Waals surface area contributed by atoms with Crippen molar-refractivity contribution in [3.05, 3.63) is 59.8 Å². The minimum atomic E-state index is -0.448. The van der Waals surface area contributed by atoms with Crippen LogP contribution in [0.15, 0.2) is 54.3 Å². The van der Waals surface area contributed by atoms with Gasteiger partial charge >= 0.3 is 6.09 Å². The summed E-state index contributed by atoms with van der Waals surface area (Å²) in [4.78, 5) is 31.0. The van der Waals surface area contributed by atoms with E-state index in [1.807, 2.05) is 37.4 Å². The van der Waals surface area contributed by atoms with Gasteiger partial charge in [-0.25, -0.2) is 4.79 Å². The van der Waals surface area contributed by atoms with Crippen molar-refractivity contribution in [3.63, 3.8) is 0 Å². The molecule has 0 spiro atoms. The monoisotopic (exact) mass is 382 g/mol. The molecule has 1 aromatic heterocycles. The van der Waals surface area contributed by atoms with Crippen LogP contribution in [0, 0.1) is 0 Å². The standard InChI is InChI=1S/C19H22N6O3/c1-22-13-25(9-15-5-3-2-4-6-15)18(26)16-10-24(8-7-17(16)22)19(27)28-14-23-11-20-21-12-23/h2-6,11-12H,7-10,13-14H2,1H3. The molecule has 0 saturated heterocycles. The summed E-state index contributed by atoms with van der Waals surface area (Å²) in [6.07, 6.45) is 3.14. The molecule has 3 heterocycles. The number of carbonyl (C=O) groups excluding carboxylic acids is 2. The van der Waals surface area contributed by atoms with Crippen molar-refractivity contribution in [2.45, 2.75) is 19.7 Å². The molecule has 0 saturated carbocycles. The van der Waals surface area contributed by atoms with Crippen molar-refractivity contribution >= 4 is 12.0 Å². The fourth-order valence-corrected chi connectivity index (χ4v) is 3.55. The molecule has 9 nitrogen and oxygen atoms in total. The molecule has 0 N–H and O–H groups in total. The van der Waals surface area contributed by atoms with E-state index in [4.69, 9.17) is 4.74 Å². The molecular formula is C19H22N6O3. The summed E-state index contributed by atoms with van der Waals surface area (Å²) in [6.45, 7) is 1.91. The largest absolute Gasteiger partial charge is 0.428 e. The lowest BCUT2D eigenvalue weighted by atomic mass is 10.0. The third kappa shape index (κ3) is 3.68. The first-order chi connectivity index (χ1) is 13.6. The number of benzene rings is 1. The summed E-state index contributed by atoms with van der Waals surface area (Å²) in [6, 6.07) is 9.90. The zero-order valence-corrected chi connectivity index (χ0v) is 15.7. The van der Waals surface area contributed by atoms with Crippen LogP contribution in [-0.4, -0.2) is 68.3 Å². The van der Waals surface area contributed by atoms with Crippen LogP contribution in [0.1, 0.15) is 12.0 Å². The van der Waals surface area contributed by atoms with Gasteiger partial charge in [0.25, 0.3) is 5.91 Å². The molecule has 2 aliphatic heterocycles. The van der Waals surface area contributed by atoms with Crippen LogP contribution in [0.25, 0.3) is 0 Å². The van der Waals surface area contributed by atoms with E-state index in [2.05, 4.69) is 15.1 Å². The maximum atomic E-state index is 13.1. The molecule has 0 atom stereocenters. The average Bonchev–Trinajstić information content (AvgIpc) is 3.24. The number of carbonyl (C=O) groups is 2. The summed E-state index contributed by atoms with van der Waals surface area (Å²) in [5.41, 5.74) is 2.75. The molecule has 0 fully saturated rings. The Labute approximate surface area is 162 Å². The SMILES string of the molecule is CN1CN(Cc2ccccc2)C(=O)C2=C1CCN(C(=O)OCn1cnnc1)C2. The van der Waals surface area contributed by atoms with E-state index in [-0.39, 0.29) is 19.2 Å². The van der Waals surface area contributed by atoms with Crippen LogP contribution < -0.4 is 0 Å². The van der Waals surface area contributed by atoms with E-state index < -0.39 is 6.09 Å². The maximum absolute atomic E-state index is 13.1. The van der Waals surface area contributed by atoms with Gasteiger partial charge in [-0.1, -0.05) is 30.3 Å². The van der Waals surface area contributed by atoms with Gasteiger partial charge in [-0.3, -0.25) is 9.36 Å². The molecule has 146 valence electrons. The molecule has 2 aromatic rings. The van der Waals surface area contributed by atoms with Crippen molar-refractivity contribution in [2.24, 2.45) is 0 Å². The van der Waals surface area contributed by atoms with Gasteiger partial charge in [-0.05, 0) is 5.56 Å². The predicted octanol–water partition coefficient (Wildman–Crippen LogP) is 1.26. The van der Waals surface area contributed by atoms with Crippen LogP contribution in [0.3, 0.4) is 0 Å². The van der Waals surface area contributed by atoms with Gasteiger partial charge in [-0.15, -0.1) is 10.2 Å². The molecule has 0 unspecified atom stereocenters. The van der Waals surface area contributed by atoms with Crippen LogP contribution >= 0.6 is 0 Å². The molecule has 2 aliphatic rings. The molecular weight excluding hydrogens is 360 g/mol. The molecule has 9 heteroatoms.